The molecular formula is C14H21N. The van der Waals surface area contributed by atoms with E-state index in [9.17, 15) is 0 Å². The van der Waals surface area contributed by atoms with Crippen LogP contribution < -0.4 is 5.73 Å². The summed E-state index contributed by atoms with van der Waals surface area (Å²) < 4.78 is 0. The van der Waals surface area contributed by atoms with E-state index in [0.29, 0.717) is 0 Å². The van der Waals surface area contributed by atoms with Crippen molar-refractivity contribution in [2.45, 2.75) is 40.2 Å². The maximum Gasteiger partial charge on any atom is 0.0337 e. The van der Waals surface area contributed by atoms with Gasteiger partial charge in [0.25, 0.3) is 0 Å². The fraction of sp³-hybridized carbons (Fsp3) is 0.429. The average Bonchev–Trinajstić information content (AvgIpc) is 1.99. The van der Waals surface area contributed by atoms with Crippen molar-refractivity contribution in [3.8, 4) is 0 Å². The maximum absolute atomic E-state index is 6.19. The van der Waals surface area contributed by atoms with Gasteiger partial charge in [0.2, 0.25) is 0 Å². The first-order valence-electron chi connectivity index (χ1n) is 5.39. The van der Waals surface area contributed by atoms with Gasteiger partial charge in [0.1, 0.15) is 0 Å². The van der Waals surface area contributed by atoms with Gasteiger partial charge >= 0.3 is 0 Å². The topological polar surface area (TPSA) is 26.0 Å². The monoisotopic (exact) mass is 203 g/mol. The lowest BCUT2D eigenvalue weighted by Crippen LogP contribution is -2.13. The van der Waals surface area contributed by atoms with Crippen LogP contribution in [-0.4, -0.2) is 0 Å². The van der Waals surface area contributed by atoms with Crippen molar-refractivity contribution in [2.75, 3.05) is 0 Å². The lowest BCUT2D eigenvalue weighted by Gasteiger charge is -2.18. The van der Waals surface area contributed by atoms with E-state index >= 15 is 0 Å². The number of nitrogens with two attached hydrogens (primary N) is 1. The summed E-state index contributed by atoms with van der Waals surface area (Å²) >= 11 is 0. The van der Waals surface area contributed by atoms with E-state index in [0.717, 1.165) is 12.0 Å². The van der Waals surface area contributed by atoms with Crippen LogP contribution in [0.15, 0.2) is 24.3 Å². The second kappa shape index (κ2) is 4.63. The third-order valence-electron chi connectivity index (χ3n) is 2.68. The molecule has 15 heavy (non-hydrogen) atoms. The van der Waals surface area contributed by atoms with Gasteiger partial charge in [-0.1, -0.05) is 23.3 Å². The highest BCUT2D eigenvalue weighted by molar-refractivity contribution is 5.39. The average molecular weight is 203 g/mol. The minimum atomic E-state index is 0.0862. The summed E-state index contributed by atoms with van der Waals surface area (Å²) in [6.45, 7) is 12.3. The summed E-state index contributed by atoms with van der Waals surface area (Å²) in [7, 11) is 0. The molecule has 0 saturated heterocycles. The van der Waals surface area contributed by atoms with E-state index < -0.39 is 0 Å². The molecule has 0 aliphatic rings. The molecule has 1 aromatic rings. The zero-order chi connectivity index (χ0) is 11.6. The van der Waals surface area contributed by atoms with Crippen LogP contribution in [0.4, 0.5) is 0 Å². The van der Waals surface area contributed by atoms with Gasteiger partial charge in [-0.25, -0.2) is 0 Å². The van der Waals surface area contributed by atoms with Crippen LogP contribution in [0, 0.1) is 20.8 Å². The molecule has 0 heterocycles. The molecule has 0 radical (unpaired) electrons. The minimum Gasteiger partial charge on any atom is -0.324 e. The highest BCUT2D eigenvalue weighted by Gasteiger charge is 2.12. The molecule has 0 saturated carbocycles. The van der Waals surface area contributed by atoms with E-state index in [1.165, 1.54) is 22.3 Å². The van der Waals surface area contributed by atoms with Gasteiger partial charge in [-0.2, -0.15) is 0 Å². The van der Waals surface area contributed by atoms with Crippen LogP contribution in [0.2, 0.25) is 0 Å². The first kappa shape index (κ1) is 12.0. The molecule has 0 aromatic heterocycles. The molecular weight excluding hydrogens is 182 g/mol. The summed E-state index contributed by atoms with van der Waals surface area (Å²) in [6.07, 6.45) is 0.866. The van der Waals surface area contributed by atoms with Crippen LogP contribution in [0.1, 0.15) is 41.6 Å². The Labute approximate surface area is 93.0 Å². The van der Waals surface area contributed by atoms with Crippen molar-refractivity contribution in [1.29, 1.82) is 0 Å². The van der Waals surface area contributed by atoms with E-state index in [1.54, 1.807) is 0 Å². The first-order chi connectivity index (χ1) is 6.91. The first-order valence-corrected chi connectivity index (χ1v) is 5.39. The Morgan fingerprint density at radius 2 is 1.73 bits per heavy atom. The van der Waals surface area contributed by atoms with Crippen molar-refractivity contribution in [3.63, 3.8) is 0 Å². The summed E-state index contributed by atoms with van der Waals surface area (Å²) in [5.41, 5.74) is 12.5. The van der Waals surface area contributed by atoms with Crippen molar-refractivity contribution >= 4 is 0 Å². The Morgan fingerprint density at radius 1 is 1.27 bits per heavy atom. The fourth-order valence-electron chi connectivity index (χ4n) is 2.25. The molecule has 0 fully saturated rings. The number of rotatable bonds is 3. The molecule has 1 aromatic carbocycles. The van der Waals surface area contributed by atoms with Crippen molar-refractivity contribution in [1.82, 2.24) is 0 Å². The van der Waals surface area contributed by atoms with Crippen molar-refractivity contribution < 1.29 is 0 Å². The molecule has 1 heteroatoms. The number of hydrogen-bond donors (Lipinski definition) is 1. The normalized spacial score (nSPS) is 12.6. The Hall–Kier alpha value is -1.08. The molecule has 0 bridgehead atoms. The second-order valence-electron chi connectivity index (χ2n) is 4.58. The Bertz CT molecular complexity index is 354. The van der Waals surface area contributed by atoms with E-state index in [2.05, 4.69) is 39.5 Å². The summed E-state index contributed by atoms with van der Waals surface area (Å²) in [5, 5.41) is 0. The van der Waals surface area contributed by atoms with Crippen molar-refractivity contribution in [2.24, 2.45) is 5.73 Å². The predicted molar refractivity (Wildman–Crippen MR) is 67.0 cm³/mol. The van der Waals surface area contributed by atoms with Crippen LogP contribution >= 0.6 is 0 Å². The largest absolute Gasteiger partial charge is 0.324 e. The van der Waals surface area contributed by atoms with Gasteiger partial charge in [0.05, 0.1) is 0 Å². The van der Waals surface area contributed by atoms with Gasteiger partial charge in [-0.15, -0.1) is 6.58 Å². The maximum atomic E-state index is 6.19. The van der Waals surface area contributed by atoms with Gasteiger partial charge in [0.15, 0.2) is 0 Å². The third-order valence-corrected chi connectivity index (χ3v) is 2.68. The SMILES string of the molecule is C=C(C)C[C@H](N)c1c(C)cc(C)cc1C. The van der Waals surface area contributed by atoms with Crippen LogP contribution in [-0.2, 0) is 0 Å². The fourth-order valence-corrected chi connectivity index (χ4v) is 2.25. The van der Waals surface area contributed by atoms with E-state index in [-0.39, 0.29) is 6.04 Å². The molecule has 1 atom stereocenters. The summed E-state index contributed by atoms with van der Waals surface area (Å²) in [5.74, 6) is 0. The zero-order valence-electron chi connectivity index (χ0n) is 10.2. The van der Waals surface area contributed by atoms with Crippen molar-refractivity contribution in [3.05, 3.63) is 46.5 Å². The van der Waals surface area contributed by atoms with Gasteiger partial charge in [-0.3, -0.25) is 0 Å². The molecule has 82 valence electrons. The van der Waals surface area contributed by atoms with Crippen LogP contribution in [0.3, 0.4) is 0 Å². The van der Waals surface area contributed by atoms with Gasteiger partial charge < -0.3 is 5.73 Å². The molecule has 0 aliphatic carbocycles. The number of hydrogen-bond acceptors (Lipinski definition) is 1. The summed E-state index contributed by atoms with van der Waals surface area (Å²) in [6, 6.07) is 4.48. The molecule has 2 N–H and O–H groups in total. The van der Waals surface area contributed by atoms with E-state index in [1.807, 2.05) is 6.92 Å². The highest BCUT2D eigenvalue weighted by Crippen LogP contribution is 2.25. The molecule has 1 nitrogen and oxygen atoms in total. The quantitative estimate of drug-likeness (QED) is 0.747. The predicted octanol–water partition coefficient (Wildman–Crippen LogP) is 3.58. The molecule has 0 unspecified atom stereocenters. The highest BCUT2D eigenvalue weighted by atomic mass is 14.6. The summed E-state index contributed by atoms with van der Waals surface area (Å²) in [4.78, 5) is 0. The number of benzene rings is 1. The lowest BCUT2D eigenvalue weighted by molar-refractivity contribution is 0.706. The smallest absolute Gasteiger partial charge is 0.0337 e. The Morgan fingerprint density at radius 3 is 2.13 bits per heavy atom. The molecule has 0 amide bonds. The van der Waals surface area contributed by atoms with Gasteiger partial charge in [0, 0.05) is 6.04 Å². The zero-order valence-corrected chi connectivity index (χ0v) is 10.2. The molecule has 0 aliphatic heterocycles. The standard InChI is InChI=1S/C14H21N/c1-9(2)6-13(15)14-11(4)7-10(3)8-12(14)5/h7-8,13H,1,6,15H2,2-5H3/t13-/m0/s1. The molecule has 1 rings (SSSR count). The Kier molecular flexibility index (Phi) is 3.70. The minimum absolute atomic E-state index is 0.0862. The Balaban J connectivity index is 3.08. The lowest BCUT2D eigenvalue weighted by atomic mass is 9.91. The molecule has 0 spiro atoms. The number of aryl methyl sites for hydroxylation is 3. The second-order valence-corrected chi connectivity index (χ2v) is 4.58. The van der Waals surface area contributed by atoms with Crippen LogP contribution in [0.5, 0.6) is 0 Å². The third kappa shape index (κ3) is 2.93. The van der Waals surface area contributed by atoms with Crippen LogP contribution in [0.25, 0.3) is 0 Å². The van der Waals surface area contributed by atoms with Gasteiger partial charge in [-0.05, 0) is 50.8 Å². The van der Waals surface area contributed by atoms with E-state index in [4.69, 9.17) is 5.73 Å².